The first-order valence-electron chi connectivity index (χ1n) is 12.5. The lowest BCUT2D eigenvalue weighted by atomic mass is 9.82. The highest BCUT2D eigenvalue weighted by atomic mass is 16.5. The zero-order valence-corrected chi connectivity index (χ0v) is 21.1. The van der Waals surface area contributed by atoms with Gasteiger partial charge in [0.05, 0.1) is 19.3 Å². The van der Waals surface area contributed by atoms with Crippen molar-refractivity contribution in [1.82, 2.24) is 9.88 Å². The summed E-state index contributed by atoms with van der Waals surface area (Å²) in [6.45, 7) is -0.943. The number of carboxylic acid groups (broad SMARTS) is 1. The number of aliphatic carboxylic acids is 1. The second-order valence-electron chi connectivity index (χ2n) is 9.46. The molecule has 4 rings (SSSR count). The molecule has 2 aromatic carbocycles. The fraction of sp³-hybridized carbons (Fsp3) is 0.357. The van der Waals surface area contributed by atoms with Crippen LogP contribution in [0.1, 0.15) is 48.0 Å². The largest absolute Gasteiger partial charge is 0.497 e. The summed E-state index contributed by atoms with van der Waals surface area (Å²) in [5.41, 5.74) is 1.77. The van der Waals surface area contributed by atoms with Crippen molar-refractivity contribution < 1.29 is 34.1 Å². The van der Waals surface area contributed by atoms with Gasteiger partial charge in [-0.1, -0.05) is 31.4 Å². The van der Waals surface area contributed by atoms with Crippen LogP contribution in [-0.2, 0) is 21.0 Å². The summed E-state index contributed by atoms with van der Waals surface area (Å²) in [5, 5.41) is 22.2. The molecule has 4 N–H and O–H groups in total. The lowest BCUT2D eigenvalue weighted by Crippen LogP contribution is -2.55. The lowest BCUT2D eigenvalue weighted by Gasteiger charge is -2.36. The van der Waals surface area contributed by atoms with E-state index in [4.69, 9.17) is 4.74 Å². The van der Waals surface area contributed by atoms with E-state index >= 15 is 0 Å². The number of anilines is 1. The van der Waals surface area contributed by atoms with Crippen molar-refractivity contribution in [2.45, 2.75) is 44.8 Å². The number of H-pyrrole nitrogens is 1. The van der Waals surface area contributed by atoms with Gasteiger partial charge < -0.3 is 30.2 Å². The molecule has 0 aliphatic heterocycles. The number of aromatic amines is 1. The molecular weight excluding hydrogens is 490 g/mol. The molecule has 2 amide bonds. The van der Waals surface area contributed by atoms with Gasteiger partial charge in [-0.3, -0.25) is 19.2 Å². The molecule has 200 valence electrons. The number of aromatic nitrogens is 1. The highest BCUT2D eigenvalue weighted by molar-refractivity contribution is 6.45. The van der Waals surface area contributed by atoms with E-state index in [1.54, 1.807) is 42.5 Å². The summed E-state index contributed by atoms with van der Waals surface area (Å²) in [6, 6.07) is 10.4. The molecule has 1 aliphatic rings. The van der Waals surface area contributed by atoms with E-state index in [9.17, 15) is 29.4 Å². The number of rotatable bonds is 10. The predicted octanol–water partition coefficient (Wildman–Crippen LogP) is 3.35. The SMILES string of the molecule is COc1ccc2c(C(=O)C(=O)N(CC(=O)O)C(C(=O)Nc3ccc(CO)cc3)C3CCCCC3)c[nH]c2c1. The standard InChI is InChI=1S/C28H31N3O7/c1-38-20-11-12-21-22(14-29-23(21)13-20)26(35)28(37)31(15-24(33)34)25(18-5-3-2-4-6-18)27(36)30-19-9-7-17(16-32)8-10-19/h7-14,18,25,29,32H,2-6,15-16H2,1H3,(H,30,36)(H,33,34). The van der Waals surface area contributed by atoms with Crippen LogP contribution in [-0.4, -0.2) is 63.4 Å². The molecule has 1 aliphatic carbocycles. The Morgan fingerprint density at radius 1 is 1.08 bits per heavy atom. The maximum absolute atomic E-state index is 13.6. The van der Waals surface area contributed by atoms with E-state index in [-0.39, 0.29) is 18.1 Å². The third-order valence-corrected chi connectivity index (χ3v) is 7.00. The van der Waals surface area contributed by atoms with Gasteiger partial charge >= 0.3 is 5.97 Å². The third kappa shape index (κ3) is 5.86. The van der Waals surface area contributed by atoms with Crippen LogP contribution in [0.3, 0.4) is 0 Å². The molecule has 1 fully saturated rings. The first kappa shape index (κ1) is 26.9. The first-order valence-corrected chi connectivity index (χ1v) is 12.5. The van der Waals surface area contributed by atoms with E-state index in [2.05, 4.69) is 10.3 Å². The number of aliphatic hydroxyl groups excluding tert-OH is 1. The van der Waals surface area contributed by atoms with Crippen molar-refractivity contribution in [2.75, 3.05) is 19.0 Å². The minimum absolute atomic E-state index is 0.0884. The summed E-state index contributed by atoms with van der Waals surface area (Å²) >= 11 is 0. The fourth-order valence-corrected chi connectivity index (χ4v) is 5.08. The van der Waals surface area contributed by atoms with E-state index < -0.39 is 36.2 Å². The molecule has 1 heterocycles. The van der Waals surface area contributed by atoms with Crippen molar-refractivity contribution >= 4 is 40.2 Å². The molecule has 0 spiro atoms. The monoisotopic (exact) mass is 521 g/mol. The number of hydrogen-bond donors (Lipinski definition) is 4. The number of amides is 2. The highest BCUT2D eigenvalue weighted by Gasteiger charge is 2.40. The molecule has 1 aromatic heterocycles. The van der Waals surface area contributed by atoms with Crippen molar-refractivity contribution in [1.29, 1.82) is 0 Å². The van der Waals surface area contributed by atoms with E-state index in [1.807, 2.05) is 0 Å². The van der Waals surface area contributed by atoms with Crippen LogP contribution in [0.2, 0.25) is 0 Å². The number of ketones is 1. The van der Waals surface area contributed by atoms with Crippen LogP contribution in [0.25, 0.3) is 10.9 Å². The van der Waals surface area contributed by atoms with Gasteiger partial charge in [0.1, 0.15) is 18.3 Å². The molecular formula is C28H31N3O7. The Labute approximate surface area is 219 Å². The predicted molar refractivity (Wildman–Crippen MR) is 140 cm³/mol. The van der Waals surface area contributed by atoms with Gasteiger partial charge in [0, 0.05) is 28.9 Å². The lowest BCUT2D eigenvalue weighted by molar-refractivity contribution is -0.147. The van der Waals surface area contributed by atoms with Crippen LogP contribution in [0.4, 0.5) is 5.69 Å². The maximum atomic E-state index is 13.6. The number of carbonyl (C=O) groups is 4. The highest BCUT2D eigenvalue weighted by Crippen LogP contribution is 2.31. The second kappa shape index (κ2) is 11.9. The van der Waals surface area contributed by atoms with E-state index in [0.717, 1.165) is 24.2 Å². The van der Waals surface area contributed by atoms with Crippen molar-refractivity contribution in [3.05, 3.63) is 59.8 Å². The smallest absolute Gasteiger partial charge is 0.323 e. The quantitative estimate of drug-likeness (QED) is 0.236. The molecule has 10 heteroatoms. The number of Topliss-reactive ketones (excluding diaryl/α,β-unsaturated/α-hetero) is 1. The summed E-state index contributed by atoms with van der Waals surface area (Å²) < 4.78 is 5.21. The Morgan fingerprint density at radius 2 is 1.79 bits per heavy atom. The van der Waals surface area contributed by atoms with E-state index in [1.165, 1.54) is 13.3 Å². The molecule has 10 nitrogen and oxygen atoms in total. The topological polar surface area (TPSA) is 149 Å². The summed E-state index contributed by atoms with van der Waals surface area (Å²) in [4.78, 5) is 56.4. The Balaban J connectivity index is 1.67. The van der Waals surface area contributed by atoms with Gasteiger partial charge in [0.25, 0.3) is 11.7 Å². The number of nitrogens with one attached hydrogen (secondary N) is 2. The number of benzene rings is 2. The number of methoxy groups -OCH3 is 1. The van der Waals surface area contributed by atoms with Gasteiger partial charge in [-0.05, 0) is 48.6 Å². The van der Waals surface area contributed by atoms with Crippen LogP contribution in [0.15, 0.2) is 48.7 Å². The number of ether oxygens (including phenoxy) is 1. The zero-order chi connectivity index (χ0) is 27.2. The van der Waals surface area contributed by atoms with Crippen LogP contribution in [0.5, 0.6) is 5.75 Å². The molecule has 0 saturated heterocycles. The van der Waals surface area contributed by atoms with Gasteiger partial charge in [-0.2, -0.15) is 0 Å². The Bertz CT molecular complexity index is 1330. The van der Waals surface area contributed by atoms with Gasteiger partial charge in [0.2, 0.25) is 5.91 Å². The summed E-state index contributed by atoms with van der Waals surface area (Å²) in [5.74, 6) is -3.56. The number of nitrogens with zero attached hydrogens (tertiary/aromatic N) is 1. The zero-order valence-electron chi connectivity index (χ0n) is 21.1. The number of hydrogen-bond acceptors (Lipinski definition) is 6. The fourth-order valence-electron chi connectivity index (χ4n) is 5.08. The molecule has 38 heavy (non-hydrogen) atoms. The second-order valence-corrected chi connectivity index (χ2v) is 9.46. The van der Waals surface area contributed by atoms with Gasteiger partial charge in [-0.25, -0.2) is 0 Å². The molecule has 1 atom stereocenters. The van der Waals surface area contributed by atoms with Crippen LogP contribution in [0, 0.1) is 5.92 Å². The molecule has 1 unspecified atom stereocenters. The molecule has 0 bridgehead atoms. The number of carboxylic acids is 1. The summed E-state index contributed by atoms with van der Waals surface area (Å²) in [6.07, 6.45) is 5.33. The van der Waals surface area contributed by atoms with Gasteiger partial charge in [0.15, 0.2) is 0 Å². The minimum Gasteiger partial charge on any atom is -0.497 e. The minimum atomic E-state index is -1.32. The first-order chi connectivity index (χ1) is 18.3. The molecule has 3 aromatic rings. The maximum Gasteiger partial charge on any atom is 0.323 e. The van der Waals surface area contributed by atoms with Crippen LogP contribution >= 0.6 is 0 Å². The average molecular weight is 522 g/mol. The van der Waals surface area contributed by atoms with Crippen molar-refractivity contribution in [3.63, 3.8) is 0 Å². The Hall–Kier alpha value is -4.18. The normalized spacial score (nSPS) is 14.6. The Morgan fingerprint density at radius 3 is 2.42 bits per heavy atom. The number of aliphatic hydroxyl groups is 1. The third-order valence-electron chi connectivity index (χ3n) is 7.00. The van der Waals surface area contributed by atoms with Crippen molar-refractivity contribution in [2.24, 2.45) is 5.92 Å². The average Bonchev–Trinajstić information content (AvgIpc) is 3.36. The summed E-state index contributed by atoms with van der Waals surface area (Å²) in [7, 11) is 1.51. The van der Waals surface area contributed by atoms with Gasteiger partial charge in [-0.15, -0.1) is 0 Å². The number of fused-ring (bicyclic) bond motifs is 1. The van der Waals surface area contributed by atoms with Crippen LogP contribution < -0.4 is 10.1 Å². The molecule has 1 saturated carbocycles. The molecule has 0 radical (unpaired) electrons. The van der Waals surface area contributed by atoms with E-state index in [0.29, 0.717) is 40.7 Å². The Kier molecular flexibility index (Phi) is 8.42. The number of carbonyl (C=O) groups excluding carboxylic acids is 3. The van der Waals surface area contributed by atoms with Crippen molar-refractivity contribution in [3.8, 4) is 5.75 Å².